The summed E-state index contributed by atoms with van der Waals surface area (Å²) in [4.78, 5) is 10.3. The Morgan fingerprint density at radius 2 is 2.08 bits per heavy atom. The minimum Gasteiger partial charge on any atom is -0.307 e. The number of aromatic nitrogens is 2. The van der Waals surface area contributed by atoms with E-state index in [4.69, 9.17) is 4.98 Å². The van der Waals surface area contributed by atoms with Gasteiger partial charge in [-0.2, -0.15) is 0 Å². The highest BCUT2D eigenvalue weighted by Gasteiger charge is 2.30. The van der Waals surface area contributed by atoms with Crippen LogP contribution in [-0.4, -0.2) is 20.8 Å². The van der Waals surface area contributed by atoms with E-state index in [2.05, 4.69) is 56.7 Å². The van der Waals surface area contributed by atoms with Crippen LogP contribution in [0.5, 0.6) is 0 Å². The van der Waals surface area contributed by atoms with Crippen molar-refractivity contribution in [3.8, 4) is 0 Å². The average molecular weight is 352 g/mol. The molecule has 24 heavy (non-hydrogen) atoms. The van der Waals surface area contributed by atoms with Crippen molar-refractivity contribution in [2.75, 3.05) is 6.54 Å². The number of nitrogens with zero attached hydrogens (tertiary/aromatic N) is 3. The molecule has 0 fully saturated rings. The number of pyridine rings is 1. The first-order valence-electron chi connectivity index (χ1n) is 8.15. The number of hydrogen-bond acceptors (Lipinski definition) is 4. The number of fused-ring (bicyclic) bond motifs is 2. The van der Waals surface area contributed by atoms with E-state index >= 15 is 0 Å². The van der Waals surface area contributed by atoms with Crippen molar-refractivity contribution >= 4 is 28.3 Å². The van der Waals surface area contributed by atoms with Gasteiger partial charge < -0.3 is 4.40 Å². The molecule has 0 aliphatic carbocycles. The van der Waals surface area contributed by atoms with Crippen molar-refractivity contribution in [2.45, 2.75) is 19.0 Å². The Bertz CT molecular complexity index is 935. The summed E-state index contributed by atoms with van der Waals surface area (Å²) in [6.45, 7) is 1.98. The molecule has 0 radical (unpaired) electrons. The molecule has 5 rings (SSSR count). The lowest BCUT2D eigenvalue weighted by molar-refractivity contribution is 0.207. The Labute approximate surface area is 148 Å². The van der Waals surface area contributed by atoms with E-state index in [0.29, 0.717) is 6.04 Å². The van der Waals surface area contributed by atoms with Crippen LogP contribution in [0, 0.1) is 0 Å². The molecule has 0 amide bonds. The number of imidazole rings is 1. The van der Waals surface area contributed by atoms with Gasteiger partial charge in [0.25, 0.3) is 0 Å². The van der Waals surface area contributed by atoms with Gasteiger partial charge in [-0.3, -0.25) is 4.90 Å². The third-order valence-electron chi connectivity index (χ3n) is 4.66. The molecule has 0 saturated heterocycles. The Morgan fingerprint density at radius 1 is 1.08 bits per heavy atom. The van der Waals surface area contributed by atoms with Crippen LogP contribution in [0.25, 0.3) is 5.65 Å². The van der Waals surface area contributed by atoms with Crippen molar-refractivity contribution in [1.29, 1.82) is 0 Å². The van der Waals surface area contributed by atoms with E-state index in [9.17, 15) is 0 Å². The van der Waals surface area contributed by atoms with Gasteiger partial charge in [-0.15, -0.1) is 22.7 Å². The van der Waals surface area contributed by atoms with Crippen LogP contribution in [0.15, 0.2) is 59.6 Å². The first-order valence-corrected chi connectivity index (χ1v) is 9.91. The third-order valence-corrected chi connectivity index (χ3v) is 6.58. The van der Waals surface area contributed by atoms with Crippen LogP contribution in [0.4, 0.5) is 0 Å². The fourth-order valence-corrected chi connectivity index (χ4v) is 5.37. The summed E-state index contributed by atoms with van der Waals surface area (Å²) >= 11 is 3.75. The second kappa shape index (κ2) is 5.84. The Kier molecular flexibility index (Phi) is 3.51. The van der Waals surface area contributed by atoms with Crippen LogP contribution < -0.4 is 0 Å². The zero-order chi connectivity index (χ0) is 15.9. The van der Waals surface area contributed by atoms with Gasteiger partial charge in [0, 0.05) is 35.2 Å². The summed E-state index contributed by atoms with van der Waals surface area (Å²) in [5.41, 5.74) is 3.65. The van der Waals surface area contributed by atoms with Gasteiger partial charge in [0.2, 0.25) is 0 Å². The standard InChI is InChI=1S/C19H17N3S2/c1-2-8-21-12-14(20-18(21)5-1)13-22-9-6-16-15(7-11-24-16)19(22)17-4-3-10-23-17/h1-5,7-8,10-12,19H,6,9,13H2. The summed E-state index contributed by atoms with van der Waals surface area (Å²) in [5.74, 6) is 0. The van der Waals surface area contributed by atoms with Crippen molar-refractivity contribution in [3.05, 3.63) is 80.6 Å². The van der Waals surface area contributed by atoms with Crippen molar-refractivity contribution in [1.82, 2.24) is 14.3 Å². The molecule has 1 atom stereocenters. The first kappa shape index (κ1) is 14.4. The van der Waals surface area contributed by atoms with Gasteiger partial charge in [-0.05, 0) is 47.0 Å². The molecule has 1 aliphatic heterocycles. The topological polar surface area (TPSA) is 20.5 Å². The Hall–Kier alpha value is -1.95. The maximum Gasteiger partial charge on any atom is 0.137 e. The van der Waals surface area contributed by atoms with Crippen molar-refractivity contribution < 1.29 is 0 Å². The highest BCUT2D eigenvalue weighted by molar-refractivity contribution is 7.10. The Morgan fingerprint density at radius 3 is 2.96 bits per heavy atom. The third kappa shape index (κ3) is 2.40. The summed E-state index contributed by atoms with van der Waals surface area (Å²) in [6.07, 6.45) is 5.36. The van der Waals surface area contributed by atoms with Gasteiger partial charge in [0.15, 0.2) is 0 Å². The van der Waals surface area contributed by atoms with E-state index in [1.54, 1.807) is 4.88 Å². The van der Waals surface area contributed by atoms with E-state index in [0.717, 1.165) is 30.9 Å². The van der Waals surface area contributed by atoms with Crippen LogP contribution in [0.3, 0.4) is 0 Å². The lowest BCUT2D eigenvalue weighted by atomic mass is 9.98. The lowest BCUT2D eigenvalue weighted by Crippen LogP contribution is -2.34. The van der Waals surface area contributed by atoms with Gasteiger partial charge in [-0.25, -0.2) is 4.98 Å². The highest BCUT2D eigenvalue weighted by atomic mass is 32.1. The quantitative estimate of drug-likeness (QED) is 0.537. The number of thiophene rings is 2. The molecule has 3 nitrogen and oxygen atoms in total. The minimum absolute atomic E-state index is 0.366. The van der Waals surface area contributed by atoms with Crippen LogP contribution >= 0.6 is 22.7 Å². The van der Waals surface area contributed by atoms with Gasteiger partial charge in [-0.1, -0.05) is 12.1 Å². The average Bonchev–Trinajstić information content (AvgIpc) is 3.34. The van der Waals surface area contributed by atoms with Gasteiger partial charge >= 0.3 is 0 Å². The van der Waals surface area contributed by atoms with Crippen LogP contribution in [-0.2, 0) is 13.0 Å². The molecule has 5 heteroatoms. The summed E-state index contributed by atoms with van der Waals surface area (Å²) in [6, 6.07) is 13.2. The molecule has 1 aliphatic rings. The molecular weight excluding hydrogens is 334 g/mol. The van der Waals surface area contributed by atoms with Crippen molar-refractivity contribution in [3.63, 3.8) is 0 Å². The highest BCUT2D eigenvalue weighted by Crippen LogP contribution is 2.40. The van der Waals surface area contributed by atoms with Crippen LogP contribution in [0.2, 0.25) is 0 Å². The van der Waals surface area contributed by atoms with E-state index in [1.165, 1.54) is 10.4 Å². The monoisotopic (exact) mass is 351 g/mol. The maximum absolute atomic E-state index is 4.79. The second-order valence-electron chi connectivity index (χ2n) is 6.14. The zero-order valence-corrected chi connectivity index (χ0v) is 14.8. The van der Waals surface area contributed by atoms with E-state index < -0.39 is 0 Å². The Balaban J connectivity index is 1.52. The molecule has 4 aromatic rings. The van der Waals surface area contributed by atoms with E-state index in [1.807, 2.05) is 34.8 Å². The smallest absolute Gasteiger partial charge is 0.137 e. The molecule has 1 unspecified atom stereocenters. The molecule has 0 bridgehead atoms. The molecule has 5 heterocycles. The largest absolute Gasteiger partial charge is 0.307 e. The summed E-state index contributed by atoms with van der Waals surface area (Å²) in [7, 11) is 0. The SMILES string of the molecule is c1csc(C2c3ccsc3CCN2Cc2cn3ccccc3n2)c1. The molecule has 0 spiro atoms. The predicted molar refractivity (Wildman–Crippen MR) is 99.8 cm³/mol. The minimum atomic E-state index is 0.366. The van der Waals surface area contributed by atoms with Gasteiger partial charge in [0.1, 0.15) is 5.65 Å². The predicted octanol–water partition coefficient (Wildman–Crippen LogP) is 4.61. The fourth-order valence-electron chi connectivity index (χ4n) is 3.59. The molecule has 0 aromatic carbocycles. The summed E-state index contributed by atoms with van der Waals surface area (Å²) < 4.78 is 2.11. The second-order valence-corrected chi connectivity index (χ2v) is 8.12. The fraction of sp³-hybridized carbons (Fsp3) is 0.211. The van der Waals surface area contributed by atoms with Gasteiger partial charge in [0.05, 0.1) is 11.7 Å². The molecule has 0 N–H and O–H groups in total. The first-order chi connectivity index (χ1) is 11.9. The molecule has 0 saturated carbocycles. The maximum atomic E-state index is 4.79. The number of rotatable bonds is 3. The zero-order valence-electron chi connectivity index (χ0n) is 13.1. The molecule has 4 aromatic heterocycles. The molecule has 120 valence electrons. The summed E-state index contributed by atoms with van der Waals surface area (Å²) in [5, 5.41) is 4.42. The van der Waals surface area contributed by atoms with Crippen molar-refractivity contribution in [2.24, 2.45) is 0 Å². The number of hydrogen-bond donors (Lipinski definition) is 0. The van der Waals surface area contributed by atoms with Crippen LogP contribution in [0.1, 0.15) is 27.1 Å². The lowest BCUT2D eigenvalue weighted by Gasteiger charge is -2.34. The van der Waals surface area contributed by atoms with E-state index in [-0.39, 0.29) is 0 Å². The normalized spacial score (nSPS) is 18.1. The molecular formula is C19H17N3S2.